The number of sulfonamides is 1. The van der Waals surface area contributed by atoms with E-state index in [1.165, 1.54) is 16.4 Å². The number of H-pyrrole nitrogens is 1. The van der Waals surface area contributed by atoms with Gasteiger partial charge in [-0.25, -0.2) is 13.4 Å². The third-order valence-electron chi connectivity index (χ3n) is 7.60. The molecule has 0 aliphatic carbocycles. The second kappa shape index (κ2) is 12.6. The molecule has 1 aromatic carbocycles. The number of aromatic nitrogens is 3. The number of carbonyl (C=O) groups excluding carboxylic acids is 1. The van der Waals surface area contributed by atoms with Crippen LogP contribution in [0.2, 0.25) is 0 Å². The topological polar surface area (TPSA) is 144 Å². The highest BCUT2D eigenvalue weighted by Gasteiger charge is 2.32. The number of piperidine rings is 1. The number of rotatable bonds is 12. The normalized spacial score (nSPS) is 15.9. The highest BCUT2D eigenvalue weighted by Crippen LogP contribution is 2.34. The maximum absolute atomic E-state index is 13.7. The van der Waals surface area contributed by atoms with Crippen LogP contribution in [-0.2, 0) is 28.2 Å². The number of hydrogen-bond donors (Lipinski definition) is 2. The molecule has 218 valence electrons. The molecule has 0 radical (unpaired) electrons. The molecule has 3 heterocycles. The van der Waals surface area contributed by atoms with Gasteiger partial charge in [-0.3, -0.25) is 9.59 Å². The standard InChI is InChI=1S/C28H38N4O7S/c1-5-7-21-23(16-33)31(4)26-25(21)29-27(30-28(26)35)22-15-20(8-9-24(22)38-14-6-2)40(36,37)32-12-10-19(11-13-32)18(3)39-17-34/h8-9,15-16,18-19,34H,5-7,10-14,17H2,1-4H3,(H,29,30,35). The Morgan fingerprint density at radius 3 is 2.58 bits per heavy atom. The molecule has 12 heteroatoms. The van der Waals surface area contributed by atoms with Crippen molar-refractivity contribution in [2.45, 2.75) is 63.9 Å². The van der Waals surface area contributed by atoms with E-state index < -0.39 is 15.6 Å². The first kappa shape index (κ1) is 29.9. The van der Waals surface area contributed by atoms with E-state index in [0.29, 0.717) is 67.0 Å². The van der Waals surface area contributed by atoms with Crippen LogP contribution in [-0.4, -0.2) is 71.2 Å². The first-order valence-corrected chi connectivity index (χ1v) is 15.2. The minimum Gasteiger partial charge on any atom is -0.493 e. The number of hydrogen-bond acceptors (Lipinski definition) is 8. The van der Waals surface area contributed by atoms with Gasteiger partial charge in [0, 0.05) is 25.7 Å². The van der Waals surface area contributed by atoms with Crippen molar-refractivity contribution in [1.29, 1.82) is 0 Å². The van der Waals surface area contributed by atoms with Crippen molar-refractivity contribution in [2.24, 2.45) is 13.0 Å². The van der Waals surface area contributed by atoms with Gasteiger partial charge in [-0.2, -0.15) is 4.31 Å². The molecule has 1 unspecified atom stereocenters. The summed E-state index contributed by atoms with van der Waals surface area (Å²) in [5.74, 6) is 0.731. The fourth-order valence-corrected chi connectivity index (χ4v) is 6.88. The quantitative estimate of drug-likeness (QED) is 0.248. The van der Waals surface area contributed by atoms with Crippen LogP contribution in [0.1, 0.15) is 62.5 Å². The molecule has 0 spiro atoms. The lowest BCUT2D eigenvalue weighted by atomic mass is 9.93. The Balaban J connectivity index is 1.78. The van der Waals surface area contributed by atoms with Gasteiger partial charge in [-0.05, 0) is 56.7 Å². The van der Waals surface area contributed by atoms with Gasteiger partial charge in [-0.1, -0.05) is 20.3 Å². The van der Waals surface area contributed by atoms with Crippen LogP contribution in [0.25, 0.3) is 22.4 Å². The molecule has 2 N–H and O–H groups in total. The lowest BCUT2D eigenvalue weighted by Gasteiger charge is -2.33. The number of aromatic amines is 1. The fraction of sp³-hybridized carbons (Fsp3) is 0.536. The molecule has 1 saturated heterocycles. The smallest absolute Gasteiger partial charge is 0.275 e. The Bertz CT molecular complexity index is 1520. The van der Waals surface area contributed by atoms with E-state index in [1.54, 1.807) is 17.7 Å². The van der Waals surface area contributed by atoms with Gasteiger partial charge in [0.25, 0.3) is 5.56 Å². The van der Waals surface area contributed by atoms with E-state index in [-0.39, 0.29) is 35.1 Å². The Kier molecular flexibility index (Phi) is 9.44. The van der Waals surface area contributed by atoms with Crippen molar-refractivity contribution in [3.63, 3.8) is 0 Å². The number of aryl methyl sites for hydroxylation is 2. The number of aldehydes is 1. The number of aliphatic hydroxyl groups is 1. The lowest BCUT2D eigenvalue weighted by Crippen LogP contribution is -2.41. The Morgan fingerprint density at radius 2 is 1.95 bits per heavy atom. The first-order chi connectivity index (χ1) is 19.2. The molecule has 1 atom stereocenters. The molecule has 11 nitrogen and oxygen atoms in total. The van der Waals surface area contributed by atoms with Crippen molar-refractivity contribution in [2.75, 3.05) is 26.5 Å². The Morgan fingerprint density at radius 1 is 1.23 bits per heavy atom. The minimum absolute atomic E-state index is 0.0719. The summed E-state index contributed by atoms with van der Waals surface area (Å²) in [7, 11) is -2.19. The third kappa shape index (κ3) is 5.71. The predicted molar refractivity (Wildman–Crippen MR) is 151 cm³/mol. The van der Waals surface area contributed by atoms with E-state index in [9.17, 15) is 18.0 Å². The van der Waals surface area contributed by atoms with Gasteiger partial charge >= 0.3 is 0 Å². The summed E-state index contributed by atoms with van der Waals surface area (Å²) in [5.41, 5.74) is 1.71. The lowest BCUT2D eigenvalue weighted by molar-refractivity contribution is -0.0715. The van der Waals surface area contributed by atoms with Crippen LogP contribution < -0.4 is 10.3 Å². The van der Waals surface area contributed by atoms with E-state index in [4.69, 9.17) is 19.6 Å². The SMILES string of the molecule is CCCOc1ccc(S(=O)(=O)N2CCC(C(C)OCO)CC2)cc1-c1nc2c(CCC)c(C=O)n(C)c2c(=O)[nH]1. The molecule has 3 aromatic rings. The third-order valence-corrected chi connectivity index (χ3v) is 9.50. The molecule has 4 rings (SSSR count). The second-order valence-electron chi connectivity index (χ2n) is 10.2. The molecule has 0 amide bonds. The molecular weight excluding hydrogens is 536 g/mol. The molecule has 0 bridgehead atoms. The zero-order chi connectivity index (χ0) is 29.0. The van der Waals surface area contributed by atoms with Gasteiger partial charge in [0.05, 0.1) is 28.9 Å². The summed E-state index contributed by atoms with van der Waals surface area (Å²) in [6.07, 6.45) is 3.85. The van der Waals surface area contributed by atoms with Gasteiger partial charge in [0.2, 0.25) is 10.0 Å². The highest BCUT2D eigenvalue weighted by atomic mass is 32.2. The molecular formula is C28H38N4O7S. The monoisotopic (exact) mass is 574 g/mol. The summed E-state index contributed by atoms with van der Waals surface area (Å²) in [5, 5.41) is 9.06. The molecule has 1 fully saturated rings. The van der Waals surface area contributed by atoms with E-state index in [2.05, 4.69) is 4.98 Å². The summed E-state index contributed by atoms with van der Waals surface area (Å²) >= 11 is 0. The molecule has 1 aliphatic rings. The average molecular weight is 575 g/mol. The van der Waals surface area contributed by atoms with Gasteiger partial charge in [0.1, 0.15) is 29.4 Å². The van der Waals surface area contributed by atoms with E-state index in [1.807, 2.05) is 20.8 Å². The van der Waals surface area contributed by atoms with Gasteiger partial charge in [0.15, 0.2) is 6.29 Å². The van der Waals surface area contributed by atoms with Crippen LogP contribution >= 0.6 is 0 Å². The Labute approximate surface area is 234 Å². The number of benzene rings is 1. The van der Waals surface area contributed by atoms with E-state index >= 15 is 0 Å². The second-order valence-corrected chi connectivity index (χ2v) is 12.1. The van der Waals surface area contributed by atoms with Crippen LogP contribution in [0.3, 0.4) is 0 Å². The van der Waals surface area contributed by atoms with Crippen LogP contribution in [0.4, 0.5) is 0 Å². The van der Waals surface area contributed by atoms with Crippen molar-refractivity contribution in [3.8, 4) is 17.1 Å². The van der Waals surface area contributed by atoms with E-state index in [0.717, 1.165) is 19.1 Å². The average Bonchev–Trinajstić information content (AvgIpc) is 3.22. The summed E-state index contributed by atoms with van der Waals surface area (Å²) in [4.78, 5) is 32.7. The number of aliphatic hydroxyl groups excluding tert-OH is 1. The van der Waals surface area contributed by atoms with Crippen LogP contribution in [0.15, 0.2) is 27.9 Å². The van der Waals surface area contributed by atoms with Crippen molar-refractivity contribution in [1.82, 2.24) is 18.8 Å². The fourth-order valence-electron chi connectivity index (χ4n) is 5.39. The predicted octanol–water partition coefficient (Wildman–Crippen LogP) is 3.24. The summed E-state index contributed by atoms with van der Waals surface area (Å²) in [6.45, 7) is 6.52. The van der Waals surface area contributed by atoms with Crippen LogP contribution in [0, 0.1) is 5.92 Å². The maximum Gasteiger partial charge on any atom is 0.275 e. The largest absolute Gasteiger partial charge is 0.493 e. The zero-order valence-electron chi connectivity index (χ0n) is 23.5. The van der Waals surface area contributed by atoms with Gasteiger partial charge in [-0.15, -0.1) is 0 Å². The first-order valence-electron chi connectivity index (χ1n) is 13.7. The number of ether oxygens (including phenoxy) is 2. The summed E-state index contributed by atoms with van der Waals surface area (Å²) in [6, 6.07) is 4.61. The van der Waals surface area contributed by atoms with Crippen molar-refractivity contribution < 1.29 is 27.8 Å². The van der Waals surface area contributed by atoms with Crippen molar-refractivity contribution >= 4 is 27.3 Å². The molecule has 0 saturated carbocycles. The van der Waals surface area contributed by atoms with Gasteiger partial charge < -0.3 is 24.1 Å². The minimum atomic E-state index is -3.85. The number of fused-ring (bicyclic) bond motifs is 1. The number of nitrogens with zero attached hydrogens (tertiary/aromatic N) is 3. The molecule has 2 aromatic heterocycles. The maximum atomic E-state index is 13.7. The molecule has 40 heavy (non-hydrogen) atoms. The number of carbonyl (C=O) groups is 1. The highest BCUT2D eigenvalue weighted by molar-refractivity contribution is 7.89. The molecule has 1 aliphatic heterocycles. The summed E-state index contributed by atoms with van der Waals surface area (Å²) < 4.78 is 41.6. The van der Waals surface area contributed by atoms with Crippen molar-refractivity contribution in [3.05, 3.63) is 39.8 Å². The Hall–Kier alpha value is -3.06. The zero-order valence-corrected chi connectivity index (χ0v) is 24.3. The van der Waals surface area contributed by atoms with Crippen LogP contribution in [0.5, 0.6) is 5.75 Å². The number of nitrogens with one attached hydrogen (secondary N) is 1.